The summed E-state index contributed by atoms with van der Waals surface area (Å²) in [5.41, 5.74) is 5.33. The average Bonchev–Trinajstić information content (AvgIpc) is 3.67. The molecule has 0 aliphatic heterocycles. The number of carboxylic acids is 1. The van der Waals surface area contributed by atoms with Crippen molar-refractivity contribution in [3.63, 3.8) is 0 Å². The Morgan fingerprint density at radius 1 is 1.05 bits per heavy atom. The van der Waals surface area contributed by atoms with Crippen LogP contribution in [0.3, 0.4) is 0 Å². The summed E-state index contributed by atoms with van der Waals surface area (Å²) in [6.45, 7) is 0. The Hall–Kier alpha value is -2.35. The van der Waals surface area contributed by atoms with Crippen LogP contribution >= 0.6 is 46.3 Å². The molecule has 2 heterocycles. The number of hydrogen-bond donors (Lipinski definition) is 2. The number of aliphatic carboxylic acids is 1. The Labute approximate surface area is 264 Å². The largest absolute Gasteiger partial charge is 0.481 e. The molecule has 0 unspecified atom stereocenters. The molecule has 6 rings (SSSR count). The smallest absolute Gasteiger partial charge is 0.303 e. The Balaban J connectivity index is 1.23. The minimum atomic E-state index is -0.711. The topological polar surface area (TPSA) is 70.4 Å². The molecule has 0 saturated heterocycles. The SMILES string of the molecule is O=C(O)CC1(CS[C@H](CCc2ccccc2C2(O)CCC2)c2cccc(/C=C/c3ccc4sc(Cl)c(Cl)c4n3)c2)CC1. The van der Waals surface area contributed by atoms with E-state index in [1.165, 1.54) is 22.5 Å². The van der Waals surface area contributed by atoms with Gasteiger partial charge in [0.2, 0.25) is 0 Å². The Morgan fingerprint density at radius 3 is 2.60 bits per heavy atom. The first-order valence-electron chi connectivity index (χ1n) is 14.4. The van der Waals surface area contributed by atoms with Gasteiger partial charge in [-0.15, -0.1) is 11.3 Å². The van der Waals surface area contributed by atoms with Crippen LogP contribution in [-0.2, 0) is 16.8 Å². The summed E-state index contributed by atoms with van der Waals surface area (Å²) in [5, 5.41) is 21.3. The number of halogens is 2. The van der Waals surface area contributed by atoms with E-state index in [2.05, 4.69) is 48.5 Å². The molecule has 2 N–H and O–H groups in total. The van der Waals surface area contributed by atoms with Gasteiger partial charge in [0, 0.05) is 11.0 Å². The third-order valence-electron chi connectivity index (χ3n) is 8.64. The van der Waals surface area contributed by atoms with Crippen molar-refractivity contribution in [2.24, 2.45) is 5.41 Å². The molecule has 0 radical (unpaired) electrons. The van der Waals surface area contributed by atoms with E-state index < -0.39 is 11.6 Å². The fourth-order valence-corrected chi connectivity index (χ4v) is 8.81. The van der Waals surface area contributed by atoms with Gasteiger partial charge in [-0.2, -0.15) is 11.8 Å². The number of pyridine rings is 1. The van der Waals surface area contributed by atoms with Crippen LogP contribution in [0.2, 0.25) is 9.36 Å². The molecule has 218 valence electrons. The molecule has 42 heavy (non-hydrogen) atoms. The van der Waals surface area contributed by atoms with Crippen LogP contribution in [0.1, 0.15) is 78.1 Å². The number of fused-ring (bicyclic) bond motifs is 1. The van der Waals surface area contributed by atoms with E-state index in [0.29, 0.717) is 9.36 Å². The molecule has 4 aromatic rings. The monoisotopic (exact) mass is 637 g/mol. The number of rotatable bonds is 12. The first-order chi connectivity index (χ1) is 20.2. The normalized spacial score (nSPS) is 17.8. The molecule has 2 aliphatic rings. The summed E-state index contributed by atoms with van der Waals surface area (Å²) in [6, 6.07) is 20.8. The number of hydrogen-bond acceptors (Lipinski definition) is 5. The molecule has 0 spiro atoms. The quantitative estimate of drug-likeness (QED) is 0.162. The fraction of sp³-hybridized carbons (Fsp3) is 0.353. The number of aryl methyl sites for hydroxylation is 1. The van der Waals surface area contributed by atoms with Crippen molar-refractivity contribution in [1.29, 1.82) is 0 Å². The lowest BCUT2D eigenvalue weighted by Gasteiger charge is -2.38. The van der Waals surface area contributed by atoms with E-state index >= 15 is 0 Å². The van der Waals surface area contributed by atoms with E-state index in [1.807, 2.05) is 36.0 Å². The average molecular weight is 639 g/mol. The highest BCUT2D eigenvalue weighted by Crippen LogP contribution is 2.53. The highest BCUT2D eigenvalue weighted by Gasteiger charge is 2.44. The van der Waals surface area contributed by atoms with Crippen molar-refractivity contribution in [2.75, 3.05) is 5.75 Å². The number of thioether (sulfide) groups is 1. The van der Waals surface area contributed by atoms with Gasteiger partial charge in [0.15, 0.2) is 0 Å². The number of nitrogens with zero attached hydrogens (tertiary/aromatic N) is 1. The van der Waals surface area contributed by atoms with Crippen molar-refractivity contribution in [3.05, 3.63) is 98.0 Å². The highest BCUT2D eigenvalue weighted by molar-refractivity contribution is 7.99. The first-order valence-corrected chi connectivity index (χ1v) is 17.0. The second-order valence-electron chi connectivity index (χ2n) is 11.7. The van der Waals surface area contributed by atoms with Crippen LogP contribution in [0.15, 0.2) is 60.7 Å². The molecular weight excluding hydrogens is 605 g/mol. The lowest BCUT2D eigenvalue weighted by atomic mass is 9.73. The Bertz CT molecular complexity index is 1640. The number of aromatic nitrogens is 1. The Morgan fingerprint density at radius 2 is 1.86 bits per heavy atom. The highest BCUT2D eigenvalue weighted by atomic mass is 35.5. The van der Waals surface area contributed by atoms with Crippen LogP contribution in [0, 0.1) is 5.41 Å². The minimum Gasteiger partial charge on any atom is -0.481 e. The lowest BCUT2D eigenvalue weighted by molar-refractivity contribution is -0.138. The second kappa shape index (κ2) is 12.3. The van der Waals surface area contributed by atoms with Crippen LogP contribution in [0.5, 0.6) is 0 Å². The van der Waals surface area contributed by atoms with Crippen molar-refractivity contribution in [3.8, 4) is 0 Å². The number of carbonyl (C=O) groups is 1. The second-order valence-corrected chi connectivity index (χ2v) is 15.0. The number of carboxylic acid groups (broad SMARTS) is 1. The van der Waals surface area contributed by atoms with Crippen LogP contribution in [0.4, 0.5) is 0 Å². The molecule has 2 aliphatic carbocycles. The van der Waals surface area contributed by atoms with E-state index in [-0.39, 0.29) is 17.1 Å². The summed E-state index contributed by atoms with van der Waals surface area (Å²) >= 11 is 15.8. The molecule has 2 fully saturated rings. The van der Waals surface area contributed by atoms with Gasteiger partial charge in [-0.1, -0.05) is 77.8 Å². The molecular formula is C34H33Cl2NO3S2. The van der Waals surface area contributed by atoms with Gasteiger partial charge in [0.25, 0.3) is 0 Å². The van der Waals surface area contributed by atoms with E-state index in [9.17, 15) is 15.0 Å². The van der Waals surface area contributed by atoms with Gasteiger partial charge < -0.3 is 10.2 Å². The van der Waals surface area contributed by atoms with Crippen molar-refractivity contribution < 1.29 is 15.0 Å². The third kappa shape index (κ3) is 6.58. The molecule has 0 amide bonds. The maximum absolute atomic E-state index is 11.5. The lowest BCUT2D eigenvalue weighted by Crippen LogP contribution is -2.34. The van der Waals surface area contributed by atoms with Gasteiger partial charge in [-0.3, -0.25) is 4.79 Å². The standard InChI is InChI=1S/C34H33Cl2NO3S2/c35-30-31-28(42-32(30)36)14-12-25(37-31)11-9-22-5-3-7-24(19-22)27(41-21-33(17-18-33)20-29(38)39)13-10-23-6-1-2-8-26(23)34(40)15-4-16-34/h1-3,5-9,11-12,14,19,27,40H,4,10,13,15-18,20-21H2,(H,38,39)/b11-9+/t27-/m1/s1. The van der Waals surface area contributed by atoms with Crippen LogP contribution < -0.4 is 0 Å². The molecule has 1 atom stereocenters. The summed E-state index contributed by atoms with van der Waals surface area (Å²) in [5.74, 6) is 0.126. The van der Waals surface area contributed by atoms with Crippen molar-refractivity contribution >= 4 is 74.6 Å². The van der Waals surface area contributed by atoms with Crippen molar-refractivity contribution in [2.45, 2.75) is 62.2 Å². The molecule has 2 aromatic carbocycles. The van der Waals surface area contributed by atoms with Gasteiger partial charge in [0.1, 0.15) is 9.85 Å². The zero-order valence-corrected chi connectivity index (χ0v) is 26.3. The predicted molar refractivity (Wildman–Crippen MR) is 177 cm³/mol. The Kier molecular flexibility index (Phi) is 8.72. The fourth-order valence-electron chi connectivity index (χ4n) is 5.83. The van der Waals surface area contributed by atoms with Crippen molar-refractivity contribution in [1.82, 2.24) is 4.98 Å². The zero-order chi connectivity index (χ0) is 29.3. The first kappa shape index (κ1) is 29.7. The van der Waals surface area contributed by atoms with Gasteiger partial charge >= 0.3 is 5.97 Å². The third-order valence-corrected chi connectivity index (χ3v) is 12.3. The van der Waals surface area contributed by atoms with E-state index in [0.717, 1.165) is 77.7 Å². The summed E-state index contributed by atoms with van der Waals surface area (Å²) in [4.78, 5) is 16.2. The van der Waals surface area contributed by atoms with E-state index in [4.69, 9.17) is 28.2 Å². The summed E-state index contributed by atoms with van der Waals surface area (Å²) in [6.07, 6.45) is 10.7. The summed E-state index contributed by atoms with van der Waals surface area (Å²) in [7, 11) is 0. The van der Waals surface area contributed by atoms with Gasteiger partial charge in [0.05, 0.1) is 27.4 Å². The molecule has 2 aromatic heterocycles. The number of aliphatic hydroxyl groups is 1. The summed E-state index contributed by atoms with van der Waals surface area (Å²) < 4.78 is 1.52. The minimum absolute atomic E-state index is 0.0819. The van der Waals surface area contributed by atoms with Gasteiger partial charge in [-0.05, 0) is 90.8 Å². The van der Waals surface area contributed by atoms with Crippen LogP contribution in [0.25, 0.3) is 22.4 Å². The molecule has 8 heteroatoms. The molecule has 0 bridgehead atoms. The number of benzene rings is 2. The zero-order valence-electron chi connectivity index (χ0n) is 23.2. The maximum Gasteiger partial charge on any atom is 0.303 e. The maximum atomic E-state index is 11.5. The molecule has 2 saturated carbocycles. The van der Waals surface area contributed by atoms with Crippen LogP contribution in [-0.4, -0.2) is 26.9 Å². The predicted octanol–water partition coefficient (Wildman–Crippen LogP) is 9.81. The molecule has 4 nitrogen and oxygen atoms in total. The van der Waals surface area contributed by atoms with Gasteiger partial charge in [-0.25, -0.2) is 4.98 Å². The van der Waals surface area contributed by atoms with E-state index in [1.54, 1.807) is 0 Å². The number of thiophene rings is 1.